The van der Waals surface area contributed by atoms with Crippen molar-refractivity contribution >= 4 is 23.7 Å². The third-order valence-electron chi connectivity index (χ3n) is 2.80. The van der Waals surface area contributed by atoms with Crippen molar-refractivity contribution in [3.63, 3.8) is 0 Å². The SMILES string of the molecule is Cc1c(C(=O)NO)sc2c1CN(C=O)CC2. The summed E-state index contributed by atoms with van der Waals surface area (Å²) < 4.78 is 0. The first-order chi connectivity index (χ1) is 7.67. The first-order valence-corrected chi connectivity index (χ1v) is 5.74. The van der Waals surface area contributed by atoms with E-state index in [-0.39, 0.29) is 0 Å². The number of nitrogens with one attached hydrogen (secondary N) is 1. The van der Waals surface area contributed by atoms with E-state index in [1.807, 2.05) is 6.92 Å². The van der Waals surface area contributed by atoms with Crippen molar-refractivity contribution in [1.82, 2.24) is 10.4 Å². The van der Waals surface area contributed by atoms with Crippen molar-refractivity contribution in [2.24, 2.45) is 0 Å². The maximum Gasteiger partial charge on any atom is 0.284 e. The number of hydroxylamine groups is 1. The normalized spacial score (nSPS) is 14.5. The second-order valence-corrected chi connectivity index (χ2v) is 4.83. The Kier molecular flexibility index (Phi) is 2.93. The minimum Gasteiger partial charge on any atom is -0.341 e. The predicted molar refractivity (Wildman–Crippen MR) is 58.5 cm³/mol. The summed E-state index contributed by atoms with van der Waals surface area (Å²) in [6.45, 7) is 3.09. The van der Waals surface area contributed by atoms with Crippen LogP contribution in [0.5, 0.6) is 0 Å². The lowest BCUT2D eigenvalue weighted by molar-refractivity contribution is -0.118. The molecule has 1 aromatic heterocycles. The van der Waals surface area contributed by atoms with Crippen molar-refractivity contribution in [3.8, 4) is 0 Å². The van der Waals surface area contributed by atoms with E-state index in [2.05, 4.69) is 0 Å². The van der Waals surface area contributed by atoms with Crippen LogP contribution in [-0.4, -0.2) is 29.0 Å². The molecule has 86 valence electrons. The molecule has 2 heterocycles. The number of hydrogen-bond acceptors (Lipinski definition) is 4. The van der Waals surface area contributed by atoms with Gasteiger partial charge in [-0.05, 0) is 24.5 Å². The van der Waals surface area contributed by atoms with E-state index in [4.69, 9.17) is 5.21 Å². The number of hydrogen-bond donors (Lipinski definition) is 2. The zero-order valence-corrected chi connectivity index (χ0v) is 9.63. The molecule has 0 aliphatic carbocycles. The van der Waals surface area contributed by atoms with Crippen LogP contribution in [0.3, 0.4) is 0 Å². The summed E-state index contributed by atoms with van der Waals surface area (Å²) >= 11 is 1.39. The van der Waals surface area contributed by atoms with Crippen molar-refractivity contribution in [2.45, 2.75) is 19.9 Å². The summed E-state index contributed by atoms with van der Waals surface area (Å²) in [5.41, 5.74) is 3.55. The number of fused-ring (bicyclic) bond motifs is 1. The zero-order valence-electron chi connectivity index (χ0n) is 8.82. The van der Waals surface area contributed by atoms with Crippen molar-refractivity contribution < 1.29 is 14.8 Å². The van der Waals surface area contributed by atoms with E-state index >= 15 is 0 Å². The van der Waals surface area contributed by atoms with Gasteiger partial charge in [-0.2, -0.15) is 0 Å². The fraction of sp³-hybridized carbons (Fsp3) is 0.400. The Balaban J connectivity index is 2.38. The van der Waals surface area contributed by atoms with Gasteiger partial charge < -0.3 is 4.90 Å². The molecular formula is C10H12N2O3S. The van der Waals surface area contributed by atoms with Crippen LogP contribution in [0, 0.1) is 6.92 Å². The van der Waals surface area contributed by atoms with Gasteiger partial charge in [0.2, 0.25) is 6.41 Å². The number of rotatable bonds is 2. The van der Waals surface area contributed by atoms with Crippen LogP contribution in [0.4, 0.5) is 0 Å². The molecule has 2 rings (SSSR count). The first kappa shape index (κ1) is 11.1. The first-order valence-electron chi connectivity index (χ1n) is 4.92. The minimum absolute atomic E-state index is 0.477. The van der Waals surface area contributed by atoms with Crippen molar-refractivity contribution in [2.75, 3.05) is 6.54 Å². The summed E-state index contributed by atoms with van der Waals surface area (Å²) in [7, 11) is 0. The highest BCUT2D eigenvalue weighted by Crippen LogP contribution is 2.32. The largest absolute Gasteiger partial charge is 0.341 e. The number of carbonyl (C=O) groups is 2. The van der Waals surface area contributed by atoms with Crippen LogP contribution in [0.25, 0.3) is 0 Å². The Labute approximate surface area is 96.6 Å². The molecule has 0 atom stereocenters. The third-order valence-corrected chi connectivity index (χ3v) is 4.19. The molecule has 0 aromatic carbocycles. The second-order valence-electron chi connectivity index (χ2n) is 3.72. The number of thiophene rings is 1. The van der Waals surface area contributed by atoms with Crippen LogP contribution in [-0.2, 0) is 17.8 Å². The molecular weight excluding hydrogens is 228 g/mol. The molecule has 2 amide bonds. The molecule has 1 aliphatic heterocycles. The van der Waals surface area contributed by atoms with Gasteiger partial charge in [-0.3, -0.25) is 14.8 Å². The van der Waals surface area contributed by atoms with E-state index in [1.165, 1.54) is 11.3 Å². The molecule has 0 saturated heterocycles. The maximum absolute atomic E-state index is 11.4. The highest BCUT2D eigenvalue weighted by molar-refractivity contribution is 7.14. The Morgan fingerprint density at radius 2 is 2.38 bits per heavy atom. The topological polar surface area (TPSA) is 69.6 Å². The van der Waals surface area contributed by atoms with Crippen molar-refractivity contribution in [1.29, 1.82) is 0 Å². The van der Waals surface area contributed by atoms with E-state index in [0.29, 0.717) is 18.0 Å². The molecule has 5 nitrogen and oxygen atoms in total. The molecule has 0 unspecified atom stereocenters. The monoisotopic (exact) mass is 240 g/mol. The highest BCUT2D eigenvalue weighted by Gasteiger charge is 2.24. The quantitative estimate of drug-likeness (QED) is 0.454. The van der Waals surface area contributed by atoms with E-state index in [0.717, 1.165) is 28.8 Å². The Bertz CT molecular complexity index is 442. The minimum atomic E-state index is -0.477. The van der Waals surface area contributed by atoms with Crippen LogP contribution < -0.4 is 5.48 Å². The van der Waals surface area contributed by atoms with Gasteiger partial charge in [0.25, 0.3) is 5.91 Å². The zero-order chi connectivity index (χ0) is 11.7. The molecule has 0 radical (unpaired) electrons. The summed E-state index contributed by atoms with van der Waals surface area (Å²) in [5.74, 6) is -0.477. The summed E-state index contributed by atoms with van der Waals surface area (Å²) in [5, 5.41) is 8.61. The standard InChI is InChI=1S/C10H12N2O3S/c1-6-7-4-12(5-13)3-2-8(7)16-9(6)10(14)11-15/h5,15H,2-4H2,1H3,(H,11,14). The second kappa shape index (κ2) is 4.23. The molecule has 1 aliphatic rings. The van der Waals surface area contributed by atoms with Crippen LogP contribution in [0.1, 0.15) is 25.7 Å². The van der Waals surface area contributed by atoms with Crippen LogP contribution in [0.15, 0.2) is 0 Å². The average Bonchev–Trinajstić information content (AvgIpc) is 2.65. The van der Waals surface area contributed by atoms with E-state index in [9.17, 15) is 9.59 Å². The summed E-state index contributed by atoms with van der Waals surface area (Å²) in [4.78, 5) is 25.4. The van der Waals surface area contributed by atoms with Gasteiger partial charge in [0.15, 0.2) is 0 Å². The predicted octanol–water partition coefficient (Wildman–Crippen LogP) is 0.690. The Morgan fingerprint density at radius 3 is 3.00 bits per heavy atom. The van der Waals surface area contributed by atoms with Crippen LogP contribution in [0.2, 0.25) is 0 Å². The lowest BCUT2D eigenvalue weighted by Crippen LogP contribution is -2.28. The van der Waals surface area contributed by atoms with Gasteiger partial charge in [0, 0.05) is 18.0 Å². The van der Waals surface area contributed by atoms with Gasteiger partial charge >= 0.3 is 0 Å². The Morgan fingerprint density at radius 1 is 1.62 bits per heavy atom. The van der Waals surface area contributed by atoms with E-state index in [1.54, 1.807) is 10.4 Å². The fourth-order valence-corrected chi connectivity index (χ4v) is 3.10. The third kappa shape index (κ3) is 1.70. The molecule has 2 N–H and O–H groups in total. The number of nitrogens with zero attached hydrogens (tertiary/aromatic N) is 1. The van der Waals surface area contributed by atoms with Gasteiger partial charge in [0.1, 0.15) is 0 Å². The molecule has 1 aromatic rings. The van der Waals surface area contributed by atoms with Gasteiger partial charge in [-0.1, -0.05) is 0 Å². The summed E-state index contributed by atoms with van der Waals surface area (Å²) in [6, 6.07) is 0. The van der Waals surface area contributed by atoms with Crippen LogP contribution >= 0.6 is 11.3 Å². The molecule has 0 spiro atoms. The van der Waals surface area contributed by atoms with Gasteiger partial charge in [0.05, 0.1) is 4.88 Å². The Hall–Kier alpha value is -1.40. The van der Waals surface area contributed by atoms with Crippen molar-refractivity contribution in [3.05, 3.63) is 20.9 Å². The highest BCUT2D eigenvalue weighted by atomic mass is 32.1. The average molecular weight is 240 g/mol. The maximum atomic E-state index is 11.4. The molecule has 0 bridgehead atoms. The fourth-order valence-electron chi connectivity index (χ4n) is 1.90. The smallest absolute Gasteiger partial charge is 0.284 e. The van der Waals surface area contributed by atoms with Gasteiger partial charge in [-0.25, -0.2) is 5.48 Å². The summed E-state index contributed by atoms with van der Waals surface area (Å²) in [6.07, 6.45) is 1.60. The molecule has 0 saturated carbocycles. The van der Waals surface area contributed by atoms with Gasteiger partial charge in [-0.15, -0.1) is 11.3 Å². The van der Waals surface area contributed by atoms with E-state index < -0.39 is 5.91 Å². The lowest BCUT2D eigenvalue weighted by Gasteiger charge is -2.23. The number of amides is 2. The molecule has 6 heteroatoms. The lowest BCUT2D eigenvalue weighted by atomic mass is 10.0. The molecule has 16 heavy (non-hydrogen) atoms. The molecule has 0 fully saturated rings. The number of carbonyl (C=O) groups excluding carboxylic acids is 2.